The zero-order valence-electron chi connectivity index (χ0n) is 12.9. The molecule has 1 saturated carbocycles. The van der Waals surface area contributed by atoms with Crippen molar-refractivity contribution in [3.8, 4) is 0 Å². The topological polar surface area (TPSA) is 32.3 Å². The number of amides is 1. The van der Waals surface area contributed by atoms with Gasteiger partial charge in [-0.1, -0.05) is 19.3 Å². The van der Waals surface area contributed by atoms with E-state index in [0.29, 0.717) is 5.69 Å². The van der Waals surface area contributed by atoms with Crippen molar-refractivity contribution >= 4 is 28.9 Å². The quantitative estimate of drug-likeness (QED) is 0.803. The number of hydrogen-bond acceptors (Lipinski definition) is 2. The van der Waals surface area contributed by atoms with Crippen molar-refractivity contribution in [2.24, 2.45) is 0 Å². The Morgan fingerprint density at radius 3 is 2.52 bits per heavy atom. The molecule has 1 amide bonds. The van der Waals surface area contributed by atoms with Gasteiger partial charge in [0.05, 0.1) is 16.9 Å². The highest BCUT2D eigenvalue weighted by atomic mass is 35.5. The summed E-state index contributed by atoms with van der Waals surface area (Å²) in [6.07, 6.45) is 0.953. The van der Waals surface area contributed by atoms with Gasteiger partial charge in [-0.3, -0.25) is 4.79 Å². The summed E-state index contributed by atoms with van der Waals surface area (Å²) in [5.74, 6) is -0.827. The molecule has 2 rings (SSSR count). The molecule has 1 aromatic rings. The standard InChI is InChI=1S/C16H20ClF3N2O/c1-22(12-5-3-2-4-6-12)14-8-7-11(16(18,19)20)9-13(14)21-15(23)10-17/h7-9,12H,2-6,10H2,1H3,(H,21,23). The molecule has 23 heavy (non-hydrogen) atoms. The van der Waals surface area contributed by atoms with Crippen LogP contribution in [0.15, 0.2) is 18.2 Å². The Kier molecular flexibility index (Phi) is 5.79. The van der Waals surface area contributed by atoms with Crippen LogP contribution < -0.4 is 10.2 Å². The van der Waals surface area contributed by atoms with Crippen LogP contribution in [0, 0.1) is 0 Å². The van der Waals surface area contributed by atoms with E-state index in [1.807, 2.05) is 11.9 Å². The number of benzene rings is 1. The van der Waals surface area contributed by atoms with Gasteiger partial charge in [-0.05, 0) is 31.0 Å². The number of anilines is 2. The van der Waals surface area contributed by atoms with Crippen molar-refractivity contribution in [3.05, 3.63) is 23.8 Å². The maximum absolute atomic E-state index is 12.9. The molecule has 0 aromatic heterocycles. The highest BCUT2D eigenvalue weighted by Gasteiger charge is 2.32. The molecule has 0 spiro atoms. The van der Waals surface area contributed by atoms with Crippen LogP contribution in [0.25, 0.3) is 0 Å². The van der Waals surface area contributed by atoms with Crippen LogP contribution >= 0.6 is 11.6 Å². The molecule has 1 aliphatic carbocycles. The molecule has 7 heteroatoms. The van der Waals surface area contributed by atoms with Gasteiger partial charge in [0.2, 0.25) is 5.91 Å². The number of halogens is 4. The lowest BCUT2D eigenvalue weighted by molar-refractivity contribution is -0.137. The van der Waals surface area contributed by atoms with E-state index in [0.717, 1.165) is 37.8 Å². The fourth-order valence-corrected chi connectivity index (χ4v) is 3.04. The van der Waals surface area contributed by atoms with Gasteiger partial charge >= 0.3 is 6.18 Å². The van der Waals surface area contributed by atoms with E-state index in [1.165, 1.54) is 12.5 Å². The Bertz CT molecular complexity index is 557. The van der Waals surface area contributed by atoms with Crippen LogP contribution in [0.1, 0.15) is 37.7 Å². The van der Waals surface area contributed by atoms with E-state index in [1.54, 1.807) is 0 Å². The Morgan fingerprint density at radius 2 is 1.96 bits per heavy atom. The first-order valence-electron chi connectivity index (χ1n) is 7.63. The van der Waals surface area contributed by atoms with Crippen molar-refractivity contribution in [2.45, 2.75) is 44.3 Å². The van der Waals surface area contributed by atoms with E-state index in [-0.39, 0.29) is 17.6 Å². The summed E-state index contributed by atoms with van der Waals surface area (Å²) in [7, 11) is 1.86. The summed E-state index contributed by atoms with van der Waals surface area (Å²) in [5, 5.41) is 2.48. The first kappa shape index (κ1) is 17.9. The van der Waals surface area contributed by atoms with Crippen LogP contribution in [-0.4, -0.2) is 24.9 Å². The largest absolute Gasteiger partial charge is 0.416 e. The number of nitrogens with zero attached hydrogens (tertiary/aromatic N) is 1. The zero-order valence-corrected chi connectivity index (χ0v) is 13.7. The molecule has 0 atom stereocenters. The number of nitrogens with one attached hydrogen (secondary N) is 1. The summed E-state index contributed by atoms with van der Waals surface area (Å²) in [6.45, 7) is 0. The van der Waals surface area contributed by atoms with Crippen molar-refractivity contribution in [1.29, 1.82) is 0 Å². The molecule has 1 aliphatic rings. The molecule has 128 valence electrons. The molecule has 0 bridgehead atoms. The van der Waals surface area contributed by atoms with Gasteiger partial charge < -0.3 is 10.2 Å². The van der Waals surface area contributed by atoms with Crippen LogP contribution in [0.2, 0.25) is 0 Å². The maximum atomic E-state index is 12.9. The lowest BCUT2D eigenvalue weighted by atomic mass is 9.94. The minimum absolute atomic E-state index is 0.151. The molecule has 1 N–H and O–H groups in total. The van der Waals surface area contributed by atoms with Gasteiger partial charge in [0.1, 0.15) is 5.88 Å². The third-order valence-corrected chi connectivity index (χ3v) is 4.46. The van der Waals surface area contributed by atoms with Gasteiger partial charge in [-0.15, -0.1) is 11.6 Å². The van der Waals surface area contributed by atoms with Crippen LogP contribution in [-0.2, 0) is 11.0 Å². The maximum Gasteiger partial charge on any atom is 0.416 e. The van der Waals surface area contributed by atoms with Crippen molar-refractivity contribution in [2.75, 3.05) is 23.1 Å². The fourth-order valence-electron chi connectivity index (χ4n) is 2.97. The average molecular weight is 349 g/mol. The monoisotopic (exact) mass is 348 g/mol. The van der Waals surface area contributed by atoms with Gasteiger partial charge in [0.25, 0.3) is 0 Å². The van der Waals surface area contributed by atoms with Crippen molar-refractivity contribution < 1.29 is 18.0 Å². The SMILES string of the molecule is CN(c1ccc(C(F)(F)F)cc1NC(=O)CCl)C1CCCCC1. The first-order valence-corrected chi connectivity index (χ1v) is 8.16. The summed E-state index contributed by atoms with van der Waals surface area (Å²) < 4.78 is 38.8. The molecule has 3 nitrogen and oxygen atoms in total. The molecule has 0 heterocycles. The Balaban J connectivity index is 2.34. The summed E-state index contributed by atoms with van der Waals surface area (Å²) in [4.78, 5) is 13.5. The minimum atomic E-state index is -4.46. The molecule has 0 saturated heterocycles. The Hall–Kier alpha value is -1.43. The third-order valence-electron chi connectivity index (χ3n) is 4.22. The molecule has 0 aliphatic heterocycles. The molecular weight excluding hydrogens is 329 g/mol. The second-order valence-corrected chi connectivity index (χ2v) is 6.08. The molecule has 1 fully saturated rings. The van der Waals surface area contributed by atoms with E-state index in [4.69, 9.17) is 11.6 Å². The number of alkyl halides is 4. The van der Waals surface area contributed by atoms with E-state index in [9.17, 15) is 18.0 Å². The second-order valence-electron chi connectivity index (χ2n) is 5.81. The third kappa shape index (κ3) is 4.53. The summed E-state index contributed by atoms with van der Waals surface area (Å²) in [5.41, 5.74) is -0.0509. The average Bonchev–Trinajstić information content (AvgIpc) is 2.54. The van der Waals surface area contributed by atoms with E-state index >= 15 is 0 Å². The Morgan fingerprint density at radius 1 is 1.30 bits per heavy atom. The van der Waals surface area contributed by atoms with E-state index < -0.39 is 17.6 Å². The molecule has 0 unspecified atom stereocenters. The van der Waals surface area contributed by atoms with E-state index in [2.05, 4.69) is 5.32 Å². The van der Waals surface area contributed by atoms with Crippen LogP contribution in [0.5, 0.6) is 0 Å². The predicted octanol–water partition coefficient (Wildman–Crippen LogP) is 4.65. The van der Waals surface area contributed by atoms with Crippen LogP contribution in [0.4, 0.5) is 24.5 Å². The number of rotatable bonds is 4. The predicted molar refractivity (Wildman–Crippen MR) is 86.1 cm³/mol. The van der Waals surface area contributed by atoms with Crippen molar-refractivity contribution in [1.82, 2.24) is 0 Å². The van der Waals surface area contributed by atoms with Crippen molar-refractivity contribution in [3.63, 3.8) is 0 Å². The first-order chi connectivity index (χ1) is 10.8. The van der Waals surface area contributed by atoms with Gasteiger partial charge in [0, 0.05) is 13.1 Å². The lowest BCUT2D eigenvalue weighted by Gasteiger charge is -2.34. The smallest absolute Gasteiger partial charge is 0.370 e. The number of carbonyl (C=O) groups is 1. The van der Waals surface area contributed by atoms with Gasteiger partial charge in [-0.25, -0.2) is 0 Å². The highest BCUT2D eigenvalue weighted by molar-refractivity contribution is 6.29. The molecule has 0 radical (unpaired) electrons. The second kappa shape index (κ2) is 7.43. The summed E-state index contributed by atoms with van der Waals surface area (Å²) >= 11 is 5.46. The lowest BCUT2D eigenvalue weighted by Crippen LogP contribution is -2.34. The van der Waals surface area contributed by atoms with Gasteiger partial charge in [0.15, 0.2) is 0 Å². The zero-order chi connectivity index (χ0) is 17.0. The number of carbonyl (C=O) groups excluding carboxylic acids is 1. The molecule has 1 aromatic carbocycles. The Labute approximate surface area is 138 Å². The van der Waals surface area contributed by atoms with Crippen LogP contribution in [0.3, 0.4) is 0 Å². The fraction of sp³-hybridized carbons (Fsp3) is 0.562. The highest BCUT2D eigenvalue weighted by Crippen LogP contribution is 2.37. The van der Waals surface area contributed by atoms with Gasteiger partial charge in [-0.2, -0.15) is 13.2 Å². The number of hydrogen-bond donors (Lipinski definition) is 1. The summed E-state index contributed by atoms with van der Waals surface area (Å²) in [6, 6.07) is 3.71. The molecular formula is C16H20ClF3N2O. The normalized spacial score (nSPS) is 16.2. The minimum Gasteiger partial charge on any atom is -0.370 e.